The van der Waals surface area contributed by atoms with Crippen LogP contribution < -0.4 is 5.32 Å². The molecule has 1 aromatic carbocycles. The lowest BCUT2D eigenvalue weighted by atomic mass is 9.93. The van der Waals surface area contributed by atoms with E-state index in [1.54, 1.807) is 9.80 Å². The van der Waals surface area contributed by atoms with E-state index in [0.717, 1.165) is 49.5 Å². The van der Waals surface area contributed by atoms with E-state index in [2.05, 4.69) is 5.32 Å². The van der Waals surface area contributed by atoms with Crippen LogP contribution in [-0.2, 0) is 29.1 Å². The molecule has 2 N–H and O–H groups in total. The third-order valence-corrected chi connectivity index (χ3v) is 10.6. The van der Waals surface area contributed by atoms with Crippen molar-refractivity contribution >= 4 is 57.1 Å². The first kappa shape index (κ1) is 33.3. The average Bonchev–Trinajstić information content (AvgIpc) is 3.68. The van der Waals surface area contributed by atoms with Gasteiger partial charge < -0.3 is 25.0 Å². The normalized spacial score (nSPS) is 20.7. The maximum Gasteiger partial charge on any atom is 0.409 e. The summed E-state index contributed by atoms with van der Waals surface area (Å²) in [6.45, 7) is 2.96. The summed E-state index contributed by atoms with van der Waals surface area (Å²) >= 11 is 12.0. The highest BCUT2D eigenvalue weighted by Crippen LogP contribution is 2.30. The monoisotopic (exact) mass is 660 g/mol. The van der Waals surface area contributed by atoms with Crippen molar-refractivity contribution in [3.05, 3.63) is 28.2 Å². The zero-order chi connectivity index (χ0) is 31.1. The van der Waals surface area contributed by atoms with Gasteiger partial charge in [-0.15, -0.1) is 0 Å². The molecule has 43 heavy (non-hydrogen) atoms. The molecule has 0 unspecified atom stereocenters. The van der Waals surface area contributed by atoms with Gasteiger partial charge in [0.15, 0.2) is 0 Å². The van der Waals surface area contributed by atoms with Gasteiger partial charge in [-0.3, -0.25) is 9.59 Å². The van der Waals surface area contributed by atoms with Crippen molar-refractivity contribution in [2.45, 2.75) is 74.8 Å². The van der Waals surface area contributed by atoms with Gasteiger partial charge in [0, 0.05) is 49.2 Å². The van der Waals surface area contributed by atoms with Crippen molar-refractivity contribution in [1.82, 2.24) is 19.4 Å². The standard InChI is InChI=1S/C28H38Cl2N4O8S/c29-20-16-21(30)18-22(17-20)43(40,41)34-12-3-4-24(34)26(36)31-23(27(37)38)5-6-25(35)32-13-7-19(8-14-32)9-15-42-28(39)33-10-1-2-11-33/h16-19,23-24H,1-15H2,(H,31,36)(H,37,38)/t23-,24+/m0/s1. The Bertz CT molecular complexity index is 1280. The number of aliphatic carboxylic acids is 1. The van der Waals surface area contributed by atoms with Gasteiger partial charge in [0.25, 0.3) is 0 Å². The maximum atomic E-state index is 13.3. The second-order valence-corrected chi connectivity index (χ2v) is 14.0. The first-order chi connectivity index (χ1) is 20.5. The molecule has 15 heteroatoms. The number of hydrogen-bond acceptors (Lipinski definition) is 7. The van der Waals surface area contributed by atoms with Crippen LogP contribution in [-0.4, -0.2) is 103 Å². The second-order valence-electron chi connectivity index (χ2n) is 11.2. The summed E-state index contributed by atoms with van der Waals surface area (Å²) in [6.07, 6.45) is 4.42. The largest absolute Gasteiger partial charge is 0.480 e. The number of nitrogens with one attached hydrogen (secondary N) is 1. The number of carboxylic acid groups (broad SMARTS) is 1. The van der Waals surface area contributed by atoms with Crippen LogP contribution in [0.25, 0.3) is 0 Å². The van der Waals surface area contributed by atoms with Gasteiger partial charge in [0.2, 0.25) is 21.8 Å². The highest BCUT2D eigenvalue weighted by atomic mass is 35.5. The van der Waals surface area contributed by atoms with Gasteiger partial charge in [-0.25, -0.2) is 18.0 Å². The van der Waals surface area contributed by atoms with Crippen LogP contribution in [0.15, 0.2) is 23.1 Å². The lowest BCUT2D eigenvalue weighted by Gasteiger charge is -2.32. The number of carbonyl (C=O) groups excluding carboxylic acids is 3. The van der Waals surface area contributed by atoms with Gasteiger partial charge in [-0.05, 0) is 75.5 Å². The number of piperidine rings is 1. The fourth-order valence-corrected chi connectivity index (χ4v) is 8.21. The number of hydrogen-bond donors (Lipinski definition) is 2. The van der Waals surface area contributed by atoms with E-state index in [4.69, 9.17) is 27.9 Å². The van der Waals surface area contributed by atoms with Crippen LogP contribution in [0.2, 0.25) is 10.0 Å². The summed E-state index contributed by atoms with van der Waals surface area (Å²) in [7, 11) is -4.12. The van der Waals surface area contributed by atoms with Crippen molar-refractivity contribution in [1.29, 1.82) is 0 Å². The van der Waals surface area contributed by atoms with E-state index in [1.807, 2.05) is 0 Å². The van der Waals surface area contributed by atoms with E-state index in [-0.39, 0.29) is 52.7 Å². The van der Waals surface area contributed by atoms with Crippen molar-refractivity contribution in [3.8, 4) is 0 Å². The number of amides is 3. The Morgan fingerprint density at radius 2 is 1.58 bits per heavy atom. The van der Waals surface area contributed by atoms with Gasteiger partial charge in [0.1, 0.15) is 12.1 Å². The Hall–Kier alpha value is -2.61. The quantitative estimate of drug-likeness (QED) is 0.366. The molecule has 0 radical (unpaired) electrons. The fraction of sp³-hybridized carbons (Fsp3) is 0.643. The lowest BCUT2D eigenvalue weighted by Crippen LogP contribution is -2.51. The molecule has 3 amide bonds. The van der Waals surface area contributed by atoms with Crippen molar-refractivity contribution in [3.63, 3.8) is 0 Å². The third-order valence-electron chi connectivity index (χ3n) is 8.29. The molecule has 3 aliphatic heterocycles. The van der Waals surface area contributed by atoms with E-state index < -0.39 is 34.0 Å². The Kier molecular flexibility index (Phi) is 11.5. The predicted molar refractivity (Wildman–Crippen MR) is 158 cm³/mol. The molecule has 3 heterocycles. The average molecular weight is 662 g/mol. The van der Waals surface area contributed by atoms with Crippen LogP contribution in [0.4, 0.5) is 4.79 Å². The highest BCUT2D eigenvalue weighted by molar-refractivity contribution is 7.89. The second kappa shape index (κ2) is 14.9. The Labute approximate surface area is 261 Å². The molecule has 12 nitrogen and oxygen atoms in total. The van der Waals surface area contributed by atoms with E-state index in [9.17, 15) is 32.7 Å². The topological polar surface area (TPSA) is 154 Å². The molecule has 0 saturated carbocycles. The number of benzene rings is 1. The van der Waals surface area contributed by atoms with E-state index in [0.29, 0.717) is 32.0 Å². The summed E-state index contributed by atoms with van der Waals surface area (Å²) in [5, 5.41) is 12.4. The first-order valence-electron chi connectivity index (χ1n) is 14.7. The Balaban J connectivity index is 1.23. The lowest BCUT2D eigenvalue weighted by molar-refractivity contribution is -0.143. The molecule has 0 aliphatic carbocycles. The molecule has 238 valence electrons. The van der Waals surface area contributed by atoms with Crippen molar-refractivity contribution in [2.24, 2.45) is 5.92 Å². The van der Waals surface area contributed by atoms with Crippen LogP contribution in [0.5, 0.6) is 0 Å². The number of rotatable bonds is 11. The molecule has 0 bridgehead atoms. The van der Waals surface area contributed by atoms with Crippen molar-refractivity contribution in [2.75, 3.05) is 39.3 Å². The minimum atomic E-state index is -4.12. The maximum absolute atomic E-state index is 13.3. The summed E-state index contributed by atoms with van der Waals surface area (Å²) in [6, 6.07) is 1.43. The number of likely N-dealkylation sites (tertiary alicyclic amines) is 2. The smallest absolute Gasteiger partial charge is 0.409 e. The summed E-state index contributed by atoms with van der Waals surface area (Å²) in [5.74, 6) is -1.92. The Morgan fingerprint density at radius 1 is 0.930 bits per heavy atom. The fourth-order valence-electron chi connectivity index (χ4n) is 5.83. The number of halogens is 2. The zero-order valence-corrected chi connectivity index (χ0v) is 26.2. The summed E-state index contributed by atoms with van der Waals surface area (Å²) in [5.41, 5.74) is 0. The molecule has 0 aromatic heterocycles. The van der Waals surface area contributed by atoms with Crippen molar-refractivity contribution < 1.29 is 37.4 Å². The first-order valence-corrected chi connectivity index (χ1v) is 16.9. The van der Waals surface area contributed by atoms with Gasteiger partial charge in [-0.2, -0.15) is 4.31 Å². The molecule has 3 saturated heterocycles. The van der Waals surface area contributed by atoms with E-state index >= 15 is 0 Å². The molecule has 4 rings (SSSR count). The van der Waals surface area contributed by atoms with E-state index in [1.165, 1.54) is 18.2 Å². The number of nitrogens with zero attached hydrogens (tertiary/aromatic N) is 3. The molecule has 2 atom stereocenters. The zero-order valence-electron chi connectivity index (χ0n) is 23.9. The number of sulfonamides is 1. The predicted octanol–water partition coefficient (Wildman–Crippen LogP) is 3.36. The van der Waals surface area contributed by atoms with Crippen LogP contribution in [0, 0.1) is 5.92 Å². The number of carbonyl (C=O) groups is 4. The van der Waals surface area contributed by atoms with Gasteiger partial charge >= 0.3 is 12.1 Å². The third kappa shape index (κ3) is 8.74. The van der Waals surface area contributed by atoms with Gasteiger partial charge in [0.05, 0.1) is 11.5 Å². The molecule has 3 fully saturated rings. The van der Waals surface area contributed by atoms with Crippen LogP contribution in [0.1, 0.15) is 57.8 Å². The molecular formula is C28H38Cl2N4O8S. The Morgan fingerprint density at radius 3 is 2.21 bits per heavy atom. The minimum Gasteiger partial charge on any atom is -0.480 e. The van der Waals surface area contributed by atoms with Gasteiger partial charge in [-0.1, -0.05) is 23.2 Å². The highest BCUT2D eigenvalue weighted by Gasteiger charge is 2.41. The van der Waals surface area contributed by atoms with Crippen LogP contribution in [0.3, 0.4) is 0 Å². The summed E-state index contributed by atoms with van der Waals surface area (Å²) < 4.78 is 33.0. The molecule has 0 spiro atoms. The SMILES string of the molecule is O=C(O)[C@H](CCC(=O)N1CCC(CCOC(=O)N2CCCC2)CC1)NC(=O)[C@H]1CCCN1S(=O)(=O)c1cc(Cl)cc(Cl)c1. The number of carboxylic acids is 1. The summed E-state index contributed by atoms with van der Waals surface area (Å²) in [4.78, 5) is 53.2. The molecule has 3 aliphatic rings. The van der Waals surface area contributed by atoms with Crippen LogP contribution >= 0.6 is 23.2 Å². The number of ether oxygens (including phenoxy) is 1. The minimum absolute atomic E-state index is 0.0803. The molecular weight excluding hydrogens is 623 g/mol. The molecule has 1 aromatic rings.